The Morgan fingerprint density at radius 1 is 0.938 bits per heavy atom. The number of hydrogen-bond acceptors (Lipinski definition) is 8. The van der Waals surface area contributed by atoms with E-state index in [4.69, 9.17) is 18.9 Å². The number of hydrogen-bond donors (Lipinski definition) is 1. The Balaban J connectivity index is 1.80. The van der Waals surface area contributed by atoms with Crippen molar-refractivity contribution in [3.8, 4) is 11.5 Å². The topological polar surface area (TPSA) is 112 Å². The fraction of sp³-hybridized carbons (Fsp3) is 0.261. The molecule has 1 aliphatic heterocycles. The Kier molecular flexibility index (Phi) is 7.11. The third-order valence-corrected chi connectivity index (χ3v) is 4.76. The second kappa shape index (κ2) is 9.97. The Morgan fingerprint density at radius 2 is 1.62 bits per heavy atom. The highest BCUT2D eigenvalue weighted by Crippen LogP contribution is 2.36. The molecule has 2 aromatic rings. The molecule has 0 unspecified atom stereocenters. The summed E-state index contributed by atoms with van der Waals surface area (Å²) in [6.07, 6.45) is 0. The average molecular weight is 441 g/mol. The molecule has 3 rings (SSSR count). The normalized spacial score (nSPS) is 13.5. The van der Waals surface area contributed by atoms with Gasteiger partial charge in [-0.25, -0.2) is 9.69 Å². The summed E-state index contributed by atoms with van der Waals surface area (Å²) in [5, 5.41) is 10.4. The van der Waals surface area contributed by atoms with Crippen molar-refractivity contribution in [3.05, 3.63) is 59.4 Å². The van der Waals surface area contributed by atoms with Gasteiger partial charge < -0.3 is 24.1 Å². The Morgan fingerprint density at radius 3 is 2.25 bits per heavy atom. The molecule has 0 fully saturated rings. The number of aliphatic hydroxyl groups excluding tert-OH is 1. The number of esters is 1. The molecule has 9 nitrogen and oxygen atoms in total. The highest BCUT2D eigenvalue weighted by molar-refractivity contribution is 6.44. The zero-order chi connectivity index (χ0) is 23.3. The molecule has 0 saturated heterocycles. The highest BCUT2D eigenvalue weighted by atomic mass is 16.6. The Bertz CT molecular complexity index is 1060. The van der Waals surface area contributed by atoms with E-state index in [9.17, 15) is 19.5 Å². The third kappa shape index (κ3) is 4.42. The van der Waals surface area contributed by atoms with Gasteiger partial charge in [-0.2, -0.15) is 0 Å². The van der Waals surface area contributed by atoms with E-state index < -0.39 is 23.5 Å². The van der Waals surface area contributed by atoms with Gasteiger partial charge >= 0.3 is 11.9 Å². The van der Waals surface area contributed by atoms with Gasteiger partial charge in [0.1, 0.15) is 6.61 Å². The van der Waals surface area contributed by atoms with Gasteiger partial charge in [0.05, 0.1) is 37.7 Å². The van der Waals surface area contributed by atoms with Crippen LogP contribution in [0.25, 0.3) is 5.57 Å². The van der Waals surface area contributed by atoms with Crippen LogP contribution in [0.5, 0.6) is 11.5 Å². The molecule has 168 valence electrons. The number of benzene rings is 2. The van der Waals surface area contributed by atoms with Crippen LogP contribution in [-0.4, -0.2) is 56.9 Å². The summed E-state index contributed by atoms with van der Waals surface area (Å²) in [6, 6.07) is 10.3. The van der Waals surface area contributed by atoms with Crippen molar-refractivity contribution in [1.82, 2.24) is 0 Å². The fourth-order valence-electron chi connectivity index (χ4n) is 3.17. The zero-order valence-corrected chi connectivity index (χ0v) is 17.9. The molecule has 0 saturated carbocycles. The van der Waals surface area contributed by atoms with E-state index in [1.54, 1.807) is 12.1 Å². The molecular weight excluding hydrogens is 418 g/mol. The van der Waals surface area contributed by atoms with E-state index in [0.29, 0.717) is 30.3 Å². The van der Waals surface area contributed by atoms with Crippen molar-refractivity contribution in [2.24, 2.45) is 0 Å². The minimum Gasteiger partial charge on any atom is -0.502 e. The smallest absolute Gasteiger partial charge is 0.338 e. The van der Waals surface area contributed by atoms with Gasteiger partial charge in [-0.3, -0.25) is 9.59 Å². The summed E-state index contributed by atoms with van der Waals surface area (Å²) >= 11 is 0. The fourth-order valence-corrected chi connectivity index (χ4v) is 3.17. The van der Waals surface area contributed by atoms with Gasteiger partial charge in [0.25, 0.3) is 5.91 Å². The summed E-state index contributed by atoms with van der Waals surface area (Å²) in [5.41, 5.74) is 0.598. The molecule has 0 spiro atoms. The van der Waals surface area contributed by atoms with Crippen molar-refractivity contribution in [3.63, 3.8) is 0 Å². The van der Waals surface area contributed by atoms with Crippen LogP contribution in [0.4, 0.5) is 5.69 Å². The average Bonchev–Trinajstić information content (AvgIpc) is 3.04. The Labute approximate surface area is 184 Å². The first-order valence-corrected chi connectivity index (χ1v) is 9.82. The van der Waals surface area contributed by atoms with Gasteiger partial charge in [0, 0.05) is 6.61 Å². The maximum atomic E-state index is 13.0. The molecule has 2 aromatic carbocycles. The second-order valence-electron chi connectivity index (χ2n) is 6.62. The quantitative estimate of drug-likeness (QED) is 0.359. The van der Waals surface area contributed by atoms with Crippen molar-refractivity contribution in [2.75, 3.05) is 38.9 Å². The molecule has 9 heteroatoms. The summed E-state index contributed by atoms with van der Waals surface area (Å²) in [7, 11) is 2.91. The molecule has 1 heterocycles. The standard InChI is InChI=1S/C23H23NO8/c1-4-31-11-12-32-23(28)14-5-8-16(9-6-14)24-21(26)19(20(25)22(24)27)15-7-10-17(29-2)18(13-15)30-3/h5-10,13,25H,4,11-12H2,1-3H3. The monoisotopic (exact) mass is 441 g/mol. The molecule has 0 atom stereocenters. The minimum atomic E-state index is -0.869. The van der Waals surface area contributed by atoms with Crippen LogP contribution in [0.1, 0.15) is 22.8 Å². The summed E-state index contributed by atoms with van der Waals surface area (Å²) in [4.78, 5) is 38.6. The van der Waals surface area contributed by atoms with Gasteiger partial charge in [0.15, 0.2) is 17.3 Å². The first kappa shape index (κ1) is 22.8. The number of anilines is 1. The van der Waals surface area contributed by atoms with Crippen LogP contribution < -0.4 is 14.4 Å². The zero-order valence-electron chi connectivity index (χ0n) is 17.9. The van der Waals surface area contributed by atoms with Crippen LogP contribution >= 0.6 is 0 Å². The van der Waals surface area contributed by atoms with Crippen molar-refractivity contribution >= 4 is 29.0 Å². The number of ether oxygens (including phenoxy) is 4. The highest BCUT2D eigenvalue weighted by Gasteiger charge is 2.40. The SMILES string of the molecule is CCOCCOC(=O)c1ccc(N2C(=O)C(O)=C(c3ccc(OC)c(OC)c3)C2=O)cc1. The molecule has 0 aliphatic carbocycles. The van der Waals surface area contributed by atoms with Crippen LogP contribution in [0.2, 0.25) is 0 Å². The predicted molar refractivity (Wildman–Crippen MR) is 115 cm³/mol. The minimum absolute atomic E-state index is 0.115. The van der Waals surface area contributed by atoms with E-state index in [1.165, 1.54) is 44.6 Å². The lowest BCUT2D eigenvalue weighted by Crippen LogP contribution is -2.31. The van der Waals surface area contributed by atoms with Crippen LogP contribution in [0.15, 0.2) is 48.2 Å². The number of nitrogens with zero attached hydrogens (tertiary/aromatic N) is 1. The third-order valence-electron chi connectivity index (χ3n) is 4.76. The maximum absolute atomic E-state index is 13.0. The molecule has 1 aliphatic rings. The molecule has 32 heavy (non-hydrogen) atoms. The van der Waals surface area contributed by atoms with Crippen LogP contribution in [-0.2, 0) is 19.1 Å². The van der Waals surface area contributed by atoms with E-state index in [-0.39, 0.29) is 23.4 Å². The lowest BCUT2D eigenvalue weighted by molar-refractivity contribution is -0.121. The van der Waals surface area contributed by atoms with Gasteiger partial charge in [0.2, 0.25) is 0 Å². The van der Waals surface area contributed by atoms with Crippen LogP contribution in [0.3, 0.4) is 0 Å². The molecule has 0 radical (unpaired) electrons. The van der Waals surface area contributed by atoms with Crippen molar-refractivity contribution in [2.45, 2.75) is 6.92 Å². The number of methoxy groups -OCH3 is 2. The Hall–Kier alpha value is -3.85. The molecule has 1 N–H and O–H groups in total. The first-order chi connectivity index (χ1) is 15.4. The van der Waals surface area contributed by atoms with E-state index in [0.717, 1.165) is 4.90 Å². The number of rotatable bonds is 9. The second-order valence-corrected chi connectivity index (χ2v) is 6.62. The van der Waals surface area contributed by atoms with Gasteiger partial charge in [-0.15, -0.1) is 0 Å². The molecular formula is C23H23NO8. The number of aliphatic hydroxyl groups is 1. The van der Waals surface area contributed by atoms with E-state index in [2.05, 4.69) is 0 Å². The van der Waals surface area contributed by atoms with E-state index >= 15 is 0 Å². The number of carbonyl (C=O) groups is 3. The van der Waals surface area contributed by atoms with Gasteiger partial charge in [-0.05, 0) is 48.9 Å². The predicted octanol–water partition coefficient (Wildman–Crippen LogP) is 2.74. The molecule has 2 amide bonds. The lowest BCUT2D eigenvalue weighted by atomic mass is 10.0. The van der Waals surface area contributed by atoms with Crippen molar-refractivity contribution in [1.29, 1.82) is 0 Å². The number of imide groups is 1. The summed E-state index contributed by atoms with van der Waals surface area (Å²) in [5.74, 6) is -2.02. The van der Waals surface area contributed by atoms with Gasteiger partial charge in [-0.1, -0.05) is 6.07 Å². The van der Waals surface area contributed by atoms with E-state index in [1.807, 2.05) is 6.92 Å². The summed E-state index contributed by atoms with van der Waals surface area (Å²) < 4.78 is 20.6. The number of carbonyl (C=O) groups excluding carboxylic acids is 3. The molecule has 0 bridgehead atoms. The van der Waals surface area contributed by atoms with Crippen molar-refractivity contribution < 1.29 is 38.4 Å². The molecule has 0 aromatic heterocycles. The summed E-state index contributed by atoms with van der Waals surface area (Å²) in [6.45, 7) is 2.77. The largest absolute Gasteiger partial charge is 0.502 e. The van der Waals surface area contributed by atoms with Crippen LogP contribution in [0, 0.1) is 0 Å². The first-order valence-electron chi connectivity index (χ1n) is 9.82. The number of amides is 2. The maximum Gasteiger partial charge on any atom is 0.338 e. The lowest BCUT2D eigenvalue weighted by Gasteiger charge is -2.15.